The average Bonchev–Trinajstić information content (AvgIpc) is 3.00. The quantitative estimate of drug-likeness (QED) is 0.872. The summed E-state index contributed by atoms with van der Waals surface area (Å²) in [6.45, 7) is 0.416. The molecule has 1 aliphatic rings. The van der Waals surface area contributed by atoms with Crippen LogP contribution in [0.5, 0.6) is 5.75 Å². The SMILES string of the molecule is O=S(=O)(NCC(O)c1ccc2c(c1)CCO2)c1cccc(F)c1. The molecule has 2 N–H and O–H groups in total. The van der Waals surface area contributed by atoms with Gasteiger partial charge in [0.25, 0.3) is 0 Å². The Hall–Kier alpha value is -1.96. The number of aliphatic hydroxyl groups excluding tert-OH is 1. The number of fused-ring (bicyclic) bond motifs is 1. The van der Waals surface area contributed by atoms with E-state index in [1.165, 1.54) is 18.2 Å². The molecule has 3 rings (SSSR count). The van der Waals surface area contributed by atoms with Crippen molar-refractivity contribution < 1.29 is 22.7 Å². The first-order valence-electron chi connectivity index (χ1n) is 7.14. The standard InChI is InChI=1S/C16H16FNO4S/c17-13-2-1-3-14(9-13)23(20,21)18-10-15(19)11-4-5-16-12(8-11)6-7-22-16/h1-5,8-9,15,18-19H,6-7,10H2. The van der Waals surface area contributed by atoms with Crippen molar-refractivity contribution in [2.24, 2.45) is 0 Å². The molecule has 2 aromatic carbocycles. The van der Waals surface area contributed by atoms with Gasteiger partial charge in [-0.3, -0.25) is 0 Å². The van der Waals surface area contributed by atoms with Gasteiger partial charge in [-0.2, -0.15) is 0 Å². The molecular formula is C16H16FNO4S. The topological polar surface area (TPSA) is 75.6 Å². The maximum absolute atomic E-state index is 13.1. The number of rotatable bonds is 5. The van der Waals surface area contributed by atoms with Crippen molar-refractivity contribution >= 4 is 10.0 Å². The number of halogens is 1. The van der Waals surface area contributed by atoms with Crippen molar-refractivity contribution in [3.63, 3.8) is 0 Å². The molecule has 0 bridgehead atoms. The van der Waals surface area contributed by atoms with Crippen LogP contribution in [0.4, 0.5) is 4.39 Å². The van der Waals surface area contributed by atoms with Crippen molar-refractivity contribution in [2.75, 3.05) is 13.2 Å². The normalized spacial score (nSPS) is 15.0. The lowest BCUT2D eigenvalue weighted by Gasteiger charge is -2.13. The van der Waals surface area contributed by atoms with Gasteiger partial charge in [-0.1, -0.05) is 12.1 Å². The minimum Gasteiger partial charge on any atom is -0.493 e. The number of hydrogen-bond acceptors (Lipinski definition) is 4. The Balaban J connectivity index is 1.70. The van der Waals surface area contributed by atoms with Gasteiger partial charge in [-0.25, -0.2) is 17.5 Å². The van der Waals surface area contributed by atoms with Crippen LogP contribution < -0.4 is 9.46 Å². The van der Waals surface area contributed by atoms with Gasteiger partial charge in [-0.05, 0) is 41.5 Å². The molecule has 7 heteroatoms. The van der Waals surface area contributed by atoms with Crippen molar-refractivity contribution in [3.8, 4) is 5.75 Å². The lowest BCUT2D eigenvalue weighted by atomic mass is 10.0. The van der Waals surface area contributed by atoms with Crippen LogP contribution in [0.3, 0.4) is 0 Å². The predicted octanol–water partition coefficient (Wildman–Crippen LogP) is 1.77. The second kappa shape index (κ2) is 6.27. The molecule has 2 aromatic rings. The van der Waals surface area contributed by atoms with Crippen molar-refractivity contribution in [1.29, 1.82) is 0 Å². The van der Waals surface area contributed by atoms with E-state index in [0.29, 0.717) is 12.2 Å². The number of sulfonamides is 1. The average molecular weight is 337 g/mol. The van der Waals surface area contributed by atoms with Crippen LogP contribution in [0.25, 0.3) is 0 Å². The maximum Gasteiger partial charge on any atom is 0.240 e. The Labute approximate surface area is 133 Å². The Bertz CT molecular complexity index is 823. The second-order valence-corrected chi connectivity index (χ2v) is 7.06. The molecule has 0 saturated heterocycles. The molecule has 0 radical (unpaired) electrons. The monoisotopic (exact) mass is 337 g/mol. The van der Waals surface area contributed by atoms with E-state index >= 15 is 0 Å². The molecule has 1 heterocycles. The molecule has 23 heavy (non-hydrogen) atoms. The van der Waals surface area contributed by atoms with E-state index in [0.717, 1.165) is 23.8 Å². The summed E-state index contributed by atoms with van der Waals surface area (Å²) < 4.78 is 45.0. The molecule has 0 amide bonds. The van der Waals surface area contributed by atoms with Gasteiger partial charge >= 0.3 is 0 Å². The van der Waals surface area contributed by atoms with Gasteiger partial charge in [0.2, 0.25) is 10.0 Å². The molecule has 1 aliphatic heterocycles. The van der Waals surface area contributed by atoms with Gasteiger partial charge in [0, 0.05) is 13.0 Å². The van der Waals surface area contributed by atoms with E-state index in [9.17, 15) is 17.9 Å². The van der Waals surface area contributed by atoms with Gasteiger partial charge in [-0.15, -0.1) is 0 Å². The summed E-state index contributed by atoms with van der Waals surface area (Å²) in [6, 6.07) is 9.99. The fourth-order valence-electron chi connectivity index (χ4n) is 2.44. The van der Waals surface area contributed by atoms with Crippen LogP contribution in [0.15, 0.2) is 47.4 Å². The minimum absolute atomic E-state index is 0.174. The van der Waals surface area contributed by atoms with Crippen LogP contribution in [0, 0.1) is 5.82 Å². The molecule has 0 spiro atoms. The molecule has 1 unspecified atom stereocenters. The highest BCUT2D eigenvalue weighted by atomic mass is 32.2. The van der Waals surface area contributed by atoms with Crippen molar-refractivity contribution in [2.45, 2.75) is 17.4 Å². The third-order valence-corrected chi connectivity index (χ3v) is 5.09. The summed E-state index contributed by atoms with van der Waals surface area (Å²) in [6.07, 6.45) is -0.227. The first kappa shape index (κ1) is 15.9. The largest absolute Gasteiger partial charge is 0.493 e. The van der Waals surface area contributed by atoms with Gasteiger partial charge in [0.05, 0.1) is 17.6 Å². The fraction of sp³-hybridized carbons (Fsp3) is 0.250. The van der Waals surface area contributed by atoms with E-state index in [2.05, 4.69) is 4.72 Å². The van der Waals surface area contributed by atoms with E-state index in [4.69, 9.17) is 4.74 Å². The summed E-state index contributed by atoms with van der Waals surface area (Å²) in [5, 5.41) is 10.2. The molecule has 0 fully saturated rings. The van der Waals surface area contributed by atoms with Crippen LogP contribution in [-0.2, 0) is 16.4 Å². The smallest absolute Gasteiger partial charge is 0.240 e. The lowest BCUT2D eigenvalue weighted by molar-refractivity contribution is 0.182. The Morgan fingerprint density at radius 2 is 2.09 bits per heavy atom. The van der Waals surface area contributed by atoms with E-state index in [1.54, 1.807) is 12.1 Å². The first-order chi connectivity index (χ1) is 11.0. The highest BCUT2D eigenvalue weighted by Gasteiger charge is 2.19. The first-order valence-corrected chi connectivity index (χ1v) is 8.63. The van der Waals surface area contributed by atoms with Gasteiger partial charge < -0.3 is 9.84 Å². The lowest BCUT2D eigenvalue weighted by Crippen LogP contribution is -2.28. The Morgan fingerprint density at radius 1 is 1.26 bits per heavy atom. The number of nitrogens with one attached hydrogen (secondary N) is 1. The predicted molar refractivity (Wildman–Crippen MR) is 82.2 cm³/mol. The van der Waals surface area contributed by atoms with Gasteiger partial charge in [0.1, 0.15) is 11.6 Å². The fourth-order valence-corrected chi connectivity index (χ4v) is 3.51. The second-order valence-electron chi connectivity index (χ2n) is 5.29. The van der Waals surface area contributed by atoms with Crippen molar-refractivity contribution in [3.05, 3.63) is 59.4 Å². The zero-order valence-corrected chi connectivity index (χ0v) is 13.0. The number of ether oxygens (including phenoxy) is 1. The Kier molecular flexibility index (Phi) is 4.34. The molecule has 5 nitrogen and oxygen atoms in total. The summed E-state index contributed by atoms with van der Waals surface area (Å²) in [7, 11) is -3.87. The number of hydrogen-bond donors (Lipinski definition) is 2. The van der Waals surface area contributed by atoms with Crippen LogP contribution in [0.1, 0.15) is 17.2 Å². The molecule has 0 saturated carbocycles. The summed E-state index contributed by atoms with van der Waals surface area (Å²) in [4.78, 5) is -0.174. The highest BCUT2D eigenvalue weighted by Crippen LogP contribution is 2.28. The summed E-state index contributed by atoms with van der Waals surface area (Å²) in [5.41, 5.74) is 1.60. The van der Waals surface area contributed by atoms with Crippen LogP contribution in [0.2, 0.25) is 0 Å². The number of benzene rings is 2. The zero-order valence-electron chi connectivity index (χ0n) is 12.2. The molecule has 1 atom stereocenters. The zero-order chi connectivity index (χ0) is 16.4. The molecule has 0 aliphatic carbocycles. The number of aliphatic hydroxyl groups is 1. The van der Waals surface area contributed by atoms with Crippen molar-refractivity contribution in [1.82, 2.24) is 4.72 Å². The van der Waals surface area contributed by atoms with E-state index < -0.39 is 21.9 Å². The molecule has 0 aromatic heterocycles. The van der Waals surface area contributed by atoms with Crippen LogP contribution >= 0.6 is 0 Å². The van der Waals surface area contributed by atoms with Crippen LogP contribution in [-0.4, -0.2) is 26.7 Å². The minimum atomic E-state index is -3.87. The third-order valence-electron chi connectivity index (χ3n) is 3.67. The highest BCUT2D eigenvalue weighted by molar-refractivity contribution is 7.89. The summed E-state index contributed by atoms with van der Waals surface area (Å²) >= 11 is 0. The van der Waals surface area contributed by atoms with E-state index in [1.807, 2.05) is 6.07 Å². The Morgan fingerprint density at radius 3 is 2.87 bits per heavy atom. The maximum atomic E-state index is 13.1. The summed E-state index contributed by atoms with van der Waals surface area (Å²) in [5.74, 6) is 0.160. The van der Waals surface area contributed by atoms with E-state index in [-0.39, 0.29) is 11.4 Å². The molecule has 122 valence electrons. The molecular weight excluding hydrogens is 321 g/mol. The van der Waals surface area contributed by atoms with Gasteiger partial charge in [0.15, 0.2) is 0 Å². The third kappa shape index (κ3) is 3.52.